The minimum absolute atomic E-state index is 0.101. The molecule has 0 atom stereocenters. The molecule has 1 heterocycles. The first-order valence-corrected chi connectivity index (χ1v) is 5.64. The predicted molar refractivity (Wildman–Crippen MR) is 65.3 cm³/mol. The van der Waals surface area contributed by atoms with Crippen molar-refractivity contribution in [2.45, 2.75) is 26.3 Å². The number of hydrogen-bond donors (Lipinski definition) is 2. The van der Waals surface area contributed by atoms with Crippen molar-refractivity contribution in [2.24, 2.45) is 0 Å². The van der Waals surface area contributed by atoms with Gasteiger partial charge in [-0.15, -0.1) is 0 Å². The number of aryl methyl sites for hydroxylation is 2. The standard InChI is InChI=1S/C12H16N2O4/c1-9-3-6-14(11(16)8-9)7-4-10(15)13-5-2-12(17)18/h3,6,8H,2,4-5,7H2,1H3,(H,13,15)(H,17,18). The highest BCUT2D eigenvalue weighted by molar-refractivity contribution is 5.76. The molecule has 0 spiro atoms. The third-order valence-electron chi connectivity index (χ3n) is 2.39. The summed E-state index contributed by atoms with van der Waals surface area (Å²) in [6.07, 6.45) is 1.70. The second kappa shape index (κ2) is 6.58. The van der Waals surface area contributed by atoms with E-state index >= 15 is 0 Å². The Morgan fingerprint density at radius 1 is 1.39 bits per heavy atom. The van der Waals surface area contributed by atoms with Gasteiger partial charge in [0, 0.05) is 31.8 Å². The van der Waals surface area contributed by atoms with Crippen molar-refractivity contribution in [1.82, 2.24) is 9.88 Å². The number of nitrogens with one attached hydrogen (secondary N) is 1. The van der Waals surface area contributed by atoms with Gasteiger partial charge in [0.2, 0.25) is 5.91 Å². The van der Waals surface area contributed by atoms with Gasteiger partial charge in [-0.05, 0) is 18.6 Å². The van der Waals surface area contributed by atoms with Gasteiger partial charge in [-0.3, -0.25) is 14.4 Å². The van der Waals surface area contributed by atoms with Crippen LogP contribution in [0.3, 0.4) is 0 Å². The number of nitrogens with zero attached hydrogens (tertiary/aromatic N) is 1. The van der Waals surface area contributed by atoms with E-state index in [0.29, 0.717) is 0 Å². The van der Waals surface area contributed by atoms with E-state index < -0.39 is 5.97 Å². The first-order valence-electron chi connectivity index (χ1n) is 5.64. The molecule has 0 aliphatic heterocycles. The molecule has 6 nitrogen and oxygen atoms in total. The Morgan fingerprint density at radius 2 is 2.11 bits per heavy atom. The van der Waals surface area contributed by atoms with E-state index in [-0.39, 0.29) is 37.4 Å². The van der Waals surface area contributed by atoms with Gasteiger partial charge in [-0.2, -0.15) is 0 Å². The van der Waals surface area contributed by atoms with E-state index in [0.717, 1.165) is 5.56 Å². The molecule has 0 aliphatic rings. The van der Waals surface area contributed by atoms with Crippen molar-refractivity contribution in [3.05, 3.63) is 34.2 Å². The highest BCUT2D eigenvalue weighted by atomic mass is 16.4. The Balaban J connectivity index is 2.38. The topological polar surface area (TPSA) is 88.4 Å². The number of carboxylic acid groups (broad SMARTS) is 1. The molecule has 98 valence electrons. The zero-order valence-electron chi connectivity index (χ0n) is 10.2. The van der Waals surface area contributed by atoms with Crippen LogP contribution in [0.25, 0.3) is 0 Å². The third-order valence-corrected chi connectivity index (χ3v) is 2.39. The Bertz CT molecular complexity index is 493. The smallest absolute Gasteiger partial charge is 0.305 e. The molecule has 0 fully saturated rings. The zero-order chi connectivity index (χ0) is 13.5. The number of aromatic nitrogens is 1. The van der Waals surface area contributed by atoms with Gasteiger partial charge >= 0.3 is 5.97 Å². The van der Waals surface area contributed by atoms with Gasteiger partial charge in [-0.25, -0.2) is 0 Å². The summed E-state index contributed by atoms with van der Waals surface area (Å²) >= 11 is 0. The molecular weight excluding hydrogens is 236 g/mol. The van der Waals surface area contributed by atoms with Crippen molar-refractivity contribution < 1.29 is 14.7 Å². The lowest BCUT2D eigenvalue weighted by molar-refractivity contribution is -0.136. The summed E-state index contributed by atoms with van der Waals surface area (Å²) in [5, 5.41) is 10.9. The monoisotopic (exact) mass is 252 g/mol. The molecule has 1 aromatic rings. The number of aliphatic carboxylic acids is 1. The maximum Gasteiger partial charge on any atom is 0.305 e. The summed E-state index contributed by atoms with van der Waals surface area (Å²) < 4.78 is 1.45. The molecule has 2 N–H and O–H groups in total. The van der Waals surface area contributed by atoms with Crippen LogP contribution < -0.4 is 10.9 Å². The number of carboxylic acids is 1. The minimum Gasteiger partial charge on any atom is -0.481 e. The Hall–Kier alpha value is -2.11. The predicted octanol–water partition coefficient (Wildman–Crippen LogP) is 0.138. The van der Waals surface area contributed by atoms with Crippen LogP contribution in [-0.2, 0) is 16.1 Å². The molecule has 1 aromatic heterocycles. The van der Waals surface area contributed by atoms with E-state index in [1.165, 1.54) is 10.6 Å². The molecule has 1 rings (SSSR count). The van der Waals surface area contributed by atoms with E-state index in [9.17, 15) is 14.4 Å². The summed E-state index contributed by atoms with van der Waals surface area (Å²) in [6, 6.07) is 3.30. The first kappa shape index (κ1) is 14.0. The number of hydrogen-bond acceptors (Lipinski definition) is 3. The van der Waals surface area contributed by atoms with Gasteiger partial charge < -0.3 is 15.0 Å². The molecule has 0 saturated heterocycles. The summed E-state index contributed by atoms with van der Waals surface area (Å²) in [4.78, 5) is 33.1. The molecule has 0 aromatic carbocycles. The lowest BCUT2D eigenvalue weighted by atomic mass is 10.3. The number of amides is 1. The maximum atomic E-state index is 11.5. The van der Waals surface area contributed by atoms with Crippen LogP contribution in [0.4, 0.5) is 0 Å². The average Bonchev–Trinajstić information content (AvgIpc) is 2.27. The number of rotatable bonds is 6. The van der Waals surface area contributed by atoms with Gasteiger partial charge in [0.15, 0.2) is 0 Å². The summed E-state index contributed by atoms with van der Waals surface area (Å²) in [5.74, 6) is -1.21. The number of pyridine rings is 1. The second-order valence-corrected chi connectivity index (χ2v) is 3.98. The maximum absolute atomic E-state index is 11.5. The van der Waals surface area contributed by atoms with Crippen LogP contribution in [0.15, 0.2) is 23.1 Å². The molecule has 6 heteroatoms. The summed E-state index contributed by atoms with van der Waals surface area (Å²) in [7, 11) is 0. The van der Waals surface area contributed by atoms with Crippen LogP contribution in [-0.4, -0.2) is 28.1 Å². The van der Waals surface area contributed by atoms with Crippen LogP contribution in [0.1, 0.15) is 18.4 Å². The highest BCUT2D eigenvalue weighted by Crippen LogP contribution is 1.93. The van der Waals surface area contributed by atoms with Crippen LogP contribution in [0, 0.1) is 6.92 Å². The van der Waals surface area contributed by atoms with E-state index in [2.05, 4.69) is 5.32 Å². The van der Waals surface area contributed by atoms with Crippen molar-refractivity contribution in [2.75, 3.05) is 6.54 Å². The Labute approximate surface area is 104 Å². The third kappa shape index (κ3) is 4.82. The first-order chi connectivity index (χ1) is 8.49. The van der Waals surface area contributed by atoms with E-state index in [1.54, 1.807) is 12.3 Å². The molecule has 1 amide bonds. The zero-order valence-corrected chi connectivity index (χ0v) is 10.2. The fourth-order valence-corrected chi connectivity index (χ4v) is 1.41. The van der Waals surface area contributed by atoms with E-state index in [4.69, 9.17) is 5.11 Å². The normalized spacial score (nSPS) is 10.1. The quantitative estimate of drug-likeness (QED) is 0.753. The molecule has 18 heavy (non-hydrogen) atoms. The van der Waals surface area contributed by atoms with Crippen LogP contribution >= 0.6 is 0 Å². The van der Waals surface area contributed by atoms with Crippen molar-refractivity contribution in [3.8, 4) is 0 Å². The molecule has 0 bridgehead atoms. The highest BCUT2D eigenvalue weighted by Gasteiger charge is 2.04. The second-order valence-electron chi connectivity index (χ2n) is 3.98. The van der Waals surface area contributed by atoms with Gasteiger partial charge in [0.05, 0.1) is 6.42 Å². The van der Waals surface area contributed by atoms with Crippen LogP contribution in [0.2, 0.25) is 0 Å². The van der Waals surface area contributed by atoms with Crippen molar-refractivity contribution >= 4 is 11.9 Å². The lowest BCUT2D eigenvalue weighted by Crippen LogP contribution is -2.28. The summed E-state index contributed by atoms with van der Waals surface area (Å²) in [5.41, 5.74) is 0.732. The number of carbonyl (C=O) groups is 2. The van der Waals surface area contributed by atoms with Gasteiger partial charge in [0.25, 0.3) is 5.56 Å². The van der Waals surface area contributed by atoms with E-state index in [1.807, 2.05) is 6.92 Å². The van der Waals surface area contributed by atoms with Gasteiger partial charge in [-0.1, -0.05) is 0 Å². The Morgan fingerprint density at radius 3 is 2.72 bits per heavy atom. The van der Waals surface area contributed by atoms with Crippen LogP contribution in [0.5, 0.6) is 0 Å². The molecule has 0 saturated carbocycles. The fourth-order valence-electron chi connectivity index (χ4n) is 1.41. The molecular formula is C12H16N2O4. The van der Waals surface area contributed by atoms with Gasteiger partial charge in [0.1, 0.15) is 0 Å². The SMILES string of the molecule is Cc1ccn(CCC(=O)NCCC(=O)O)c(=O)c1. The lowest BCUT2D eigenvalue weighted by Gasteiger charge is -2.06. The van der Waals surface area contributed by atoms with Crippen molar-refractivity contribution in [3.63, 3.8) is 0 Å². The molecule has 0 aliphatic carbocycles. The average molecular weight is 252 g/mol. The molecule has 0 radical (unpaired) electrons. The van der Waals surface area contributed by atoms with Crippen molar-refractivity contribution in [1.29, 1.82) is 0 Å². The molecule has 0 unspecified atom stereocenters. The minimum atomic E-state index is -0.954. The fraction of sp³-hybridized carbons (Fsp3) is 0.417. The Kier molecular flexibility index (Phi) is 5.10. The summed E-state index contributed by atoms with van der Waals surface area (Å²) in [6.45, 7) is 2.22. The largest absolute Gasteiger partial charge is 0.481 e. The number of carbonyl (C=O) groups excluding carboxylic acids is 1.